The van der Waals surface area contributed by atoms with Crippen molar-refractivity contribution < 1.29 is 14.6 Å². The molecule has 0 spiro atoms. The zero-order valence-electron chi connectivity index (χ0n) is 17.3. The number of halogens is 1. The van der Waals surface area contributed by atoms with Crippen LogP contribution in [-0.4, -0.2) is 38.4 Å². The molecule has 30 heavy (non-hydrogen) atoms. The van der Waals surface area contributed by atoms with Crippen LogP contribution >= 0.6 is 35.3 Å². The van der Waals surface area contributed by atoms with Gasteiger partial charge in [0.15, 0.2) is 17.5 Å². The van der Waals surface area contributed by atoms with Crippen molar-refractivity contribution in [1.82, 2.24) is 10.6 Å². The summed E-state index contributed by atoms with van der Waals surface area (Å²) in [5.74, 6) is 2.03. The van der Waals surface area contributed by atoms with Crippen LogP contribution in [0.25, 0.3) is 10.1 Å². The summed E-state index contributed by atoms with van der Waals surface area (Å²) in [6.07, 6.45) is -0.600. The van der Waals surface area contributed by atoms with Crippen molar-refractivity contribution in [2.24, 2.45) is 4.99 Å². The van der Waals surface area contributed by atoms with E-state index >= 15 is 0 Å². The van der Waals surface area contributed by atoms with Crippen LogP contribution in [-0.2, 0) is 6.54 Å². The lowest BCUT2D eigenvalue weighted by Gasteiger charge is -2.14. The Balaban J connectivity index is 0.00000320. The maximum absolute atomic E-state index is 10.6. The van der Waals surface area contributed by atoms with Gasteiger partial charge in [-0.1, -0.05) is 24.3 Å². The third-order valence-corrected chi connectivity index (χ3v) is 5.67. The Kier molecular flexibility index (Phi) is 9.67. The molecule has 1 aromatic heterocycles. The number of aliphatic imine (C=N–C) groups is 1. The topological polar surface area (TPSA) is 75.1 Å². The van der Waals surface area contributed by atoms with Gasteiger partial charge < -0.3 is 25.2 Å². The summed E-state index contributed by atoms with van der Waals surface area (Å²) in [6.45, 7) is 3.60. The molecule has 0 aliphatic rings. The van der Waals surface area contributed by atoms with Crippen LogP contribution in [0, 0.1) is 0 Å². The van der Waals surface area contributed by atoms with Crippen LogP contribution in [0.1, 0.15) is 23.5 Å². The second kappa shape index (κ2) is 12.0. The Labute approximate surface area is 198 Å². The molecule has 0 saturated heterocycles. The number of nitrogens with zero attached hydrogens (tertiary/aromatic N) is 1. The van der Waals surface area contributed by atoms with E-state index in [1.807, 2.05) is 43.3 Å². The van der Waals surface area contributed by atoms with Crippen LogP contribution < -0.4 is 20.1 Å². The van der Waals surface area contributed by atoms with E-state index in [1.54, 1.807) is 25.6 Å². The third kappa shape index (κ3) is 6.23. The number of fused-ring (bicyclic) bond motifs is 1. The first-order valence-electron chi connectivity index (χ1n) is 9.54. The maximum atomic E-state index is 10.6. The van der Waals surface area contributed by atoms with E-state index in [-0.39, 0.29) is 24.0 Å². The highest BCUT2D eigenvalue weighted by Crippen LogP contribution is 2.29. The number of aliphatic hydroxyl groups is 1. The number of thiophene rings is 1. The fraction of sp³-hybridized carbons (Fsp3) is 0.318. The van der Waals surface area contributed by atoms with Crippen LogP contribution in [0.4, 0.5) is 0 Å². The molecule has 0 bridgehead atoms. The fourth-order valence-corrected chi connectivity index (χ4v) is 4.00. The highest BCUT2D eigenvalue weighted by Gasteiger charge is 2.12. The third-order valence-electron chi connectivity index (χ3n) is 4.45. The van der Waals surface area contributed by atoms with Crippen molar-refractivity contribution >= 4 is 51.4 Å². The van der Waals surface area contributed by atoms with Gasteiger partial charge in [-0.3, -0.25) is 0 Å². The summed E-state index contributed by atoms with van der Waals surface area (Å²) in [4.78, 5) is 5.55. The molecule has 6 nitrogen and oxygen atoms in total. The molecule has 1 unspecified atom stereocenters. The van der Waals surface area contributed by atoms with E-state index in [0.29, 0.717) is 30.5 Å². The van der Waals surface area contributed by atoms with Crippen molar-refractivity contribution in [3.8, 4) is 11.5 Å². The lowest BCUT2D eigenvalue weighted by atomic mass is 10.2. The Morgan fingerprint density at radius 2 is 1.83 bits per heavy atom. The van der Waals surface area contributed by atoms with Crippen LogP contribution in [0.2, 0.25) is 0 Å². The number of hydrogen-bond donors (Lipinski definition) is 3. The SMILES string of the molecule is CCNC(=NCc1ccc(OC)c(OC)c1)NCC(O)c1cc2ccccc2s1.I. The Morgan fingerprint density at radius 1 is 1.07 bits per heavy atom. The molecule has 1 atom stereocenters. The number of methoxy groups -OCH3 is 2. The van der Waals surface area contributed by atoms with Crippen molar-refractivity contribution in [2.75, 3.05) is 27.3 Å². The molecule has 1 heterocycles. The fourth-order valence-electron chi connectivity index (χ4n) is 2.95. The van der Waals surface area contributed by atoms with E-state index in [0.717, 1.165) is 22.4 Å². The highest BCUT2D eigenvalue weighted by molar-refractivity contribution is 14.0. The van der Waals surface area contributed by atoms with Crippen LogP contribution in [0.15, 0.2) is 53.5 Å². The molecular formula is C22H28IN3O3S. The first-order chi connectivity index (χ1) is 14.1. The van der Waals surface area contributed by atoms with Crippen LogP contribution in [0.3, 0.4) is 0 Å². The molecule has 0 aliphatic heterocycles. The standard InChI is InChI=1S/C22H27N3O3S.HI/c1-4-23-22(24-13-15-9-10-18(27-2)19(11-15)28-3)25-14-17(26)21-12-16-7-5-6-8-20(16)29-21;/h5-12,17,26H,4,13-14H2,1-3H3,(H2,23,24,25);1H. The number of hydrogen-bond acceptors (Lipinski definition) is 5. The van der Waals surface area contributed by atoms with Gasteiger partial charge in [-0.25, -0.2) is 4.99 Å². The van der Waals surface area contributed by atoms with Gasteiger partial charge in [0, 0.05) is 22.7 Å². The molecule has 0 fully saturated rings. The normalized spacial score (nSPS) is 12.2. The first-order valence-corrected chi connectivity index (χ1v) is 10.4. The average molecular weight is 541 g/mol. The number of benzene rings is 2. The zero-order valence-corrected chi connectivity index (χ0v) is 20.5. The second-order valence-corrected chi connectivity index (χ2v) is 7.58. The summed E-state index contributed by atoms with van der Waals surface area (Å²) in [7, 11) is 3.23. The summed E-state index contributed by atoms with van der Waals surface area (Å²) >= 11 is 1.61. The van der Waals surface area contributed by atoms with Crippen molar-refractivity contribution in [3.05, 3.63) is 59.0 Å². The lowest BCUT2D eigenvalue weighted by molar-refractivity contribution is 0.184. The monoisotopic (exact) mass is 541 g/mol. The predicted octanol–water partition coefficient (Wildman–Crippen LogP) is 4.33. The molecule has 0 aliphatic carbocycles. The number of guanidine groups is 1. The molecule has 0 amide bonds. The molecule has 3 N–H and O–H groups in total. The van der Waals surface area contributed by atoms with Gasteiger partial charge >= 0.3 is 0 Å². The second-order valence-electron chi connectivity index (χ2n) is 6.47. The molecule has 0 saturated carbocycles. The van der Waals surface area contributed by atoms with E-state index < -0.39 is 6.10 Å². The van der Waals surface area contributed by atoms with Crippen LogP contribution in [0.5, 0.6) is 11.5 Å². The summed E-state index contributed by atoms with van der Waals surface area (Å²) in [5, 5.41) is 18.2. The van der Waals surface area contributed by atoms with Crippen molar-refractivity contribution in [3.63, 3.8) is 0 Å². The average Bonchev–Trinajstić information content (AvgIpc) is 3.19. The summed E-state index contributed by atoms with van der Waals surface area (Å²) < 4.78 is 11.8. The van der Waals surface area contributed by atoms with Gasteiger partial charge in [0.25, 0.3) is 0 Å². The van der Waals surface area contributed by atoms with Gasteiger partial charge in [0.2, 0.25) is 0 Å². The molecule has 3 aromatic rings. The molecule has 0 radical (unpaired) electrons. The summed E-state index contributed by atoms with van der Waals surface area (Å²) in [6, 6.07) is 15.9. The predicted molar refractivity (Wildman–Crippen MR) is 135 cm³/mol. The number of nitrogens with one attached hydrogen (secondary N) is 2. The van der Waals surface area contributed by atoms with Gasteiger partial charge in [0.05, 0.1) is 20.8 Å². The minimum atomic E-state index is -0.600. The van der Waals surface area contributed by atoms with Crippen molar-refractivity contribution in [2.45, 2.75) is 19.6 Å². The van der Waals surface area contributed by atoms with Gasteiger partial charge in [-0.2, -0.15) is 0 Å². The smallest absolute Gasteiger partial charge is 0.191 e. The number of ether oxygens (including phenoxy) is 2. The zero-order chi connectivity index (χ0) is 20.6. The molecule has 3 rings (SSSR count). The minimum Gasteiger partial charge on any atom is -0.493 e. The molecule has 8 heteroatoms. The van der Waals surface area contributed by atoms with Gasteiger partial charge in [-0.05, 0) is 42.1 Å². The first kappa shape index (κ1) is 24.2. The number of aliphatic hydroxyl groups excluding tert-OH is 1. The molecule has 2 aromatic carbocycles. The van der Waals surface area contributed by atoms with E-state index in [9.17, 15) is 5.11 Å². The van der Waals surface area contributed by atoms with E-state index in [4.69, 9.17) is 9.47 Å². The molecule has 162 valence electrons. The van der Waals surface area contributed by atoms with Gasteiger partial charge in [-0.15, -0.1) is 35.3 Å². The summed E-state index contributed by atoms with van der Waals surface area (Å²) in [5.41, 5.74) is 1.00. The van der Waals surface area contributed by atoms with E-state index in [1.165, 1.54) is 4.70 Å². The minimum absolute atomic E-state index is 0. The van der Waals surface area contributed by atoms with E-state index in [2.05, 4.69) is 27.8 Å². The quantitative estimate of drug-likeness (QED) is 0.225. The Hall–Kier alpha value is -2.04. The Bertz CT molecular complexity index is 944. The van der Waals surface area contributed by atoms with Gasteiger partial charge in [0.1, 0.15) is 6.10 Å². The number of rotatable bonds is 8. The lowest BCUT2D eigenvalue weighted by Crippen LogP contribution is -2.39. The Morgan fingerprint density at radius 3 is 2.53 bits per heavy atom. The maximum Gasteiger partial charge on any atom is 0.191 e. The van der Waals surface area contributed by atoms with Crippen molar-refractivity contribution in [1.29, 1.82) is 0 Å². The largest absolute Gasteiger partial charge is 0.493 e. The molecular weight excluding hydrogens is 513 g/mol. The highest BCUT2D eigenvalue weighted by atomic mass is 127.